The summed E-state index contributed by atoms with van der Waals surface area (Å²) in [5.74, 6) is 0.329. The molecule has 0 aliphatic carbocycles. The zero-order chi connectivity index (χ0) is 19.4. The lowest BCUT2D eigenvalue weighted by atomic mass is 10.0. The van der Waals surface area contributed by atoms with E-state index in [9.17, 15) is 4.79 Å². The van der Waals surface area contributed by atoms with E-state index in [1.165, 1.54) is 22.9 Å². The lowest BCUT2D eigenvalue weighted by Crippen LogP contribution is -2.23. The minimum Gasteiger partial charge on any atom is -0.369 e. The van der Waals surface area contributed by atoms with Crippen molar-refractivity contribution in [3.8, 4) is 17.1 Å². The predicted molar refractivity (Wildman–Crippen MR) is 108 cm³/mol. The van der Waals surface area contributed by atoms with Crippen molar-refractivity contribution in [1.29, 1.82) is 0 Å². The third kappa shape index (κ3) is 3.88. The summed E-state index contributed by atoms with van der Waals surface area (Å²) in [6.45, 7) is 6.04. The summed E-state index contributed by atoms with van der Waals surface area (Å²) in [7, 11) is 0. The monoisotopic (exact) mass is 381 g/mol. The largest absolute Gasteiger partial charge is 0.369 e. The summed E-state index contributed by atoms with van der Waals surface area (Å²) in [4.78, 5) is 15.8. The fourth-order valence-electron chi connectivity index (χ4n) is 2.95. The molecule has 6 nitrogen and oxygen atoms in total. The van der Waals surface area contributed by atoms with Gasteiger partial charge in [0.2, 0.25) is 5.91 Å². The number of hydrogen-bond donors (Lipinski definition) is 1. The molecule has 0 bridgehead atoms. The molecular weight excluding hydrogens is 358 g/mol. The molecule has 0 radical (unpaired) electrons. The Hall–Kier alpha value is -2.67. The summed E-state index contributed by atoms with van der Waals surface area (Å²) in [6, 6.07) is 10.1. The fraction of sp³-hybridized carbons (Fsp3) is 0.300. The number of rotatable bonds is 7. The number of nitrogens with zero attached hydrogens (tertiary/aromatic N) is 4. The second-order valence-electron chi connectivity index (χ2n) is 6.18. The molecular formula is C20H23N5OS. The van der Waals surface area contributed by atoms with Crippen molar-refractivity contribution >= 4 is 17.7 Å². The van der Waals surface area contributed by atoms with Crippen LogP contribution in [0.5, 0.6) is 0 Å². The van der Waals surface area contributed by atoms with Crippen LogP contribution in [0.2, 0.25) is 0 Å². The molecule has 2 heterocycles. The number of amides is 1. The van der Waals surface area contributed by atoms with Gasteiger partial charge < -0.3 is 5.73 Å². The highest BCUT2D eigenvalue weighted by Gasteiger charge is 2.23. The highest BCUT2D eigenvalue weighted by molar-refractivity contribution is 8.00. The second-order valence-corrected chi connectivity index (χ2v) is 7.49. The zero-order valence-electron chi connectivity index (χ0n) is 15.7. The van der Waals surface area contributed by atoms with E-state index in [0.29, 0.717) is 11.0 Å². The summed E-state index contributed by atoms with van der Waals surface area (Å²) in [5.41, 5.74) is 9.83. The van der Waals surface area contributed by atoms with Crippen LogP contribution in [-0.4, -0.2) is 30.9 Å². The standard InChI is InChI=1S/C20H23N5OS/c1-4-14-8-6-9-15(5-2)17(14)25-19(16-10-7-11-22-12-16)23-24-20(25)27-13(3)18(21)26/h6-13H,4-5H2,1-3H3,(H2,21,26)/t13-/m1/s1. The van der Waals surface area contributed by atoms with Gasteiger partial charge in [0.1, 0.15) is 0 Å². The highest BCUT2D eigenvalue weighted by Crippen LogP contribution is 2.33. The lowest BCUT2D eigenvalue weighted by Gasteiger charge is -2.18. The predicted octanol–water partition coefficient (Wildman–Crippen LogP) is 3.42. The SMILES string of the molecule is CCc1cccc(CC)c1-n1c(S[C@H](C)C(N)=O)nnc1-c1cccnc1. The summed E-state index contributed by atoms with van der Waals surface area (Å²) in [5, 5.41) is 9.05. The molecule has 7 heteroatoms. The van der Waals surface area contributed by atoms with Gasteiger partial charge in [-0.3, -0.25) is 14.3 Å². The fourth-order valence-corrected chi connectivity index (χ4v) is 3.75. The second kappa shape index (κ2) is 8.35. The molecule has 3 aromatic rings. The third-order valence-electron chi connectivity index (χ3n) is 4.42. The number of para-hydroxylation sites is 1. The van der Waals surface area contributed by atoms with E-state index in [4.69, 9.17) is 5.73 Å². The van der Waals surface area contributed by atoms with Gasteiger partial charge in [0.25, 0.3) is 0 Å². The van der Waals surface area contributed by atoms with Crippen LogP contribution >= 0.6 is 11.8 Å². The van der Waals surface area contributed by atoms with Crippen LogP contribution in [0.3, 0.4) is 0 Å². The number of primary amides is 1. The topological polar surface area (TPSA) is 86.7 Å². The molecule has 1 amide bonds. The molecule has 0 spiro atoms. The van der Waals surface area contributed by atoms with E-state index < -0.39 is 5.25 Å². The molecule has 0 fully saturated rings. The Kier molecular flexibility index (Phi) is 5.91. The minimum absolute atomic E-state index is 0.378. The van der Waals surface area contributed by atoms with Crippen molar-refractivity contribution in [2.45, 2.75) is 44.0 Å². The van der Waals surface area contributed by atoms with E-state index in [1.807, 2.05) is 16.7 Å². The molecule has 0 unspecified atom stereocenters. The van der Waals surface area contributed by atoms with Crippen LogP contribution in [0.15, 0.2) is 47.9 Å². The first-order valence-electron chi connectivity index (χ1n) is 8.99. The average Bonchev–Trinajstić information content (AvgIpc) is 3.10. The van der Waals surface area contributed by atoms with Gasteiger partial charge in [-0.05, 0) is 43.0 Å². The van der Waals surface area contributed by atoms with Crippen molar-refractivity contribution in [1.82, 2.24) is 19.7 Å². The summed E-state index contributed by atoms with van der Waals surface area (Å²) < 4.78 is 2.04. The van der Waals surface area contributed by atoms with Crippen molar-refractivity contribution in [2.24, 2.45) is 5.73 Å². The van der Waals surface area contributed by atoms with E-state index >= 15 is 0 Å². The molecule has 1 aromatic carbocycles. The van der Waals surface area contributed by atoms with Gasteiger partial charge in [0.15, 0.2) is 11.0 Å². The Labute approximate surface area is 163 Å². The molecule has 27 heavy (non-hydrogen) atoms. The zero-order valence-corrected chi connectivity index (χ0v) is 16.5. The number of aromatic nitrogens is 4. The van der Waals surface area contributed by atoms with Crippen LogP contribution in [0.4, 0.5) is 0 Å². The van der Waals surface area contributed by atoms with Gasteiger partial charge in [-0.25, -0.2) is 0 Å². The normalized spacial score (nSPS) is 12.1. The van der Waals surface area contributed by atoms with Crippen LogP contribution in [0.25, 0.3) is 17.1 Å². The molecule has 2 aromatic heterocycles. The number of pyridine rings is 1. The van der Waals surface area contributed by atoms with E-state index in [2.05, 4.69) is 47.2 Å². The molecule has 1 atom stereocenters. The van der Waals surface area contributed by atoms with Crippen LogP contribution in [-0.2, 0) is 17.6 Å². The smallest absolute Gasteiger partial charge is 0.230 e. The maximum atomic E-state index is 11.6. The Bertz CT molecular complexity index is 917. The van der Waals surface area contributed by atoms with Gasteiger partial charge >= 0.3 is 0 Å². The van der Waals surface area contributed by atoms with E-state index in [1.54, 1.807) is 19.3 Å². The Balaban J connectivity index is 2.26. The lowest BCUT2D eigenvalue weighted by molar-refractivity contribution is -0.117. The first-order valence-corrected chi connectivity index (χ1v) is 9.87. The molecule has 0 saturated heterocycles. The van der Waals surface area contributed by atoms with Crippen LogP contribution < -0.4 is 5.73 Å². The number of aryl methyl sites for hydroxylation is 2. The van der Waals surface area contributed by atoms with Crippen molar-refractivity contribution in [2.75, 3.05) is 0 Å². The molecule has 0 saturated carbocycles. The first-order chi connectivity index (χ1) is 13.1. The van der Waals surface area contributed by atoms with E-state index in [-0.39, 0.29) is 5.91 Å². The summed E-state index contributed by atoms with van der Waals surface area (Å²) in [6.07, 6.45) is 5.26. The number of carbonyl (C=O) groups excluding carboxylic acids is 1. The van der Waals surface area contributed by atoms with E-state index in [0.717, 1.165) is 24.1 Å². The molecule has 2 N–H and O–H groups in total. The number of thioether (sulfide) groups is 1. The van der Waals surface area contributed by atoms with Crippen LogP contribution in [0.1, 0.15) is 31.9 Å². The van der Waals surface area contributed by atoms with Crippen molar-refractivity contribution in [3.05, 3.63) is 53.9 Å². The molecule has 0 aliphatic heterocycles. The highest BCUT2D eigenvalue weighted by atomic mass is 32.2. The number of hydrogen-bond acceptors (Lipinski definition) is 5. The molecule has 0 aliphatic rings. The number of carbonyl (C=O) groups is 1. The number of nitrogens with two attached hydrogens (primary N) is 1. The van der Waals surface area contributed by atoms with Gasteiger partial charge in [0, 0.05) is 18.0 Å². The third-order valence-corrected chi connectivity index (χ3v) is 5.49. The maximum absolute atomic E-state index is 11.6. The minimum atomic E-state index is -0.409. The Morgan fingerprint density at radius 3 is 2.41 bits per heavy atom. The van der Waals surface area contributed by atoms with Crippen molar-refractivity contribution < 1.29 is 4.79 Å². The quantitative estimate of drug-likeness (QED) is 0.634. The van der Waals surface area contributed by atoms with Gasteiger partial charge in [-0.15, -0.1) is 10.2 Å². The molecule has 140 valence electrons. The Morgan fingerprint density at radius 2 is 1.85 bits per heavy atom. The van der Waals surface area contributed by atoms with Crippen LogP contribution in [0, 0.1) is 0 Å². The molecule has 3 rings (SSSR count). The van der Waals surface area contributed by atoms with Gasteiger partial charge in [0.05, 0.1) is 10.9 Å². The van der Waals surface area contributed by atoms with Gasteiger partial charge in [-0.2, -0.15) is 0 Å². The average molecular weight is 382 g/mol. The Morgan fingerprint density at radius 1 is 1.15 bits per heavy atom. The summed E-state index contributed by atoms with van der Waals surface area (Å²) >= 11 is 1.32. The van der Waals surface area contributed by atoms with Gasteiger partial charge in [-0.1, -0.05) is 43.8 Å². The number of benzene rings is 1. The first kappa shape index (κ1) is 19.1. The maximum Gasteiger partial charge on any atom is 0.230 e. The van der Waals surface area contributed by atoms with Crippen molar-refractivity contribution in [3.63, 3.8) is 0 Å².